The molecular weight excluding hydrogens is 236 g/mol. The lowest BCUT2D eigenvalue weighted by atomic mass is 10.1. The number of fused-ring (bicyclic) bond motifs is 2. The highest BCUT2D eigenvalue weighted by Crippen LogP contribution is 2.34. The van der Waals surface area contributed by atoms with Crippen LogP contribution in [0.25, 0.3) is 0 Å². The molecule has 92 valence electrons. The molecule has 2 unspecified atom stereocenters. The second-order valence-electron chi connectivity index (χ2n) is 4.97. The number of nitrogens with zero attached hydrogens (tertiary/aromatic N) is 1. The van der Waals surface area contributed by atoms with E-state index in [4.69, 9.17) is 5.73 Å². The third kappa shape index (κ3) is 1.83. The predicted molar refractivity (Wildman–Crippen MR) is 67.2 cm³/mol. The lowest BCUT2D eigenvalue weighted by Gasteiger charge is -2.27. The van der Waals surface area contributed by atoms with E-state index >= 15 is 0 Å². The molecular formula is C12H16N2O2S. The van der Waals surface area contributed by atoms with Crippen LogP contribution in [-0.4, -0.2) is 36.9 Å². The summed E-state index contributed by atoms with van der Waals surface area (Å²) in [6.07, 6.45) is 0.801. The first-order valence-electron chi connectivity index (χ1n) is 5.85. The molecule has 2 aliphatic rings. The molecule has 2 fully saturated rings. The lowest BCUT2D eigenvalue weighted by Crippen LogP contribution is -2.40. The highest BCUT2D eigenvalue weighted by Gasteiger charge is 2.48. The molecule has 0 radical (unpaired) electrons. The number of anilines is 1. The number of sulfone groups is 1. The fourth-order valence-corrected chi connectivity index (χ4v) is 4.96. The second kappa shape index (κ2) is 3.71. The van der Waals surface area contributed by atoms with Gasteiger partial charge in [0.1, 0.15) is 0 Å². The van der Waals surface area contributed by atoms with Gasteiger partial charge in [-0.25, -0.2) is 8.42 Å². The molecule has 4 nitrogen and oxygen atoms in total. The van der Waals surface area contributed by atoms with Gasteiger partial charge in [0.25, 0.3) is 0 Å². The molecule has 0 spiro atoms. The monoisotopic (exact) mass is 252 g/mol. The summed E-state index contributed by atoms with van der Waals surface area (Å²) in [4.78, 5) is 2.25. The second-order valence-corrected chi connectivity index (χ2v) is 7.30. The van der Waals surface area contributed by atoms with Crippen LogP contribution in [0.1, 0.15) is 12.0 Å². The van der Waals surface area contributed by atoms with E-state index in [-0.39, 0.29) is 11.3 Å². The molecule has 0 saturated carbocycles. The lowest BCUT2D eigenvalue weighted by molar-refractivity contribution is 0.257. The Kier molecular flexibility index (Phi) is 2.41. The fourth-order valence-electron chi connectivity index (χ4n) is 2.87. The molecule has 5 heteroatoms. The zero-order chi connectivity index (χ0) is 12.0. The van der Waals surface area contributed by atoms with Gasteiger partial charge in [0.2, 0.25) is 0 Å². The number of hydrogen-bond acceptors (Lipinski definition) is 4. The van der Waals surface area contributed by atoms with Crippen molar-refractivity contribution in [2.75, 3.05) is 18.0 Å². The highest BCUT2D eigenvalue weighted by molar-refractivity contribution is 7.92. The summed E-state index contributed by atoms with van der Waals surface area (Å²) in [7, 11) is -2.80. The average molecular weight is 252 g/mol. The van der Waals surface area contributed by atoms with Gasteiger partial charge < -0.3 is 5.73 Å². The van der Waals surface area contributed by atoms with Gasteiger partial charge in [-0.2, -0.15) is 0 Å². The van der Waals surface area contributed by atoms with Crippen LogP contribution < -0.4 is 5.73 Å². The van der Waals surface area contributed by atoms with Gasteiger partial charge in [-0.3, -0.25) is 4.90 Å². The smallest absolute Gasteiger partial charge is 0.156 e. The zero-order valence-corrected chi connectivity index (χ0v) is 10.4. The first-order valence-corrected chi connectivity index (χ1v) is 7.57. The van der Waals surface area contributed by atoms with Crippen molar-refractivity contribution in [3.05, 3.63) is 29.8 Å². The maximum absolute atomic E-state index is 11.6. The van der Waals surface area contributed by atoms with Gasteiger partial charge >= 0.3 is 0 Å². The van der Waals surface area contributed by atoms with Crippen LogP contribution in [0.3, 0.4) is 0 Å². The van der Waals surface area contributed by atoms with Gasteiger partial charge in [0.05, 0.1) is 11.0 Å². The van der Waals surface area contributed by atoms with Crippen molar-refractivity contribution in [2.24, 2.45) is 0 Å². The average Bonchev–Trinajstić information content (AvgIpc) is 2.77. The molecule has 2 bridgehead atoms. The maximum Gasteiger partial charge on any atom is 0.156 e. The Bertz CT molecular complexity index is 541. The molecule has 2 N–H and O–H groups in total. The predicted octanol–water partition coefficient (Wildman–Crippen LogP) is 0.640. The summed E-state index contributed by atoms with van der Waals surface area (Å²) in [5.41, 5.74) is 7.79. The van der Waals surface area contributed by atoms with Crippen LogP contribution in [0, 0.1) is 0 Å². The van der Waals surface area contributed by atoms with E-state index in [0.29, 0.717) is 12.3 Å². The quantitative estimate of drug-likeness (QED) is 0.785. The molecule has 2 atom stereocenters. The van der Waals surface area contributed by atoms with Crippen LogP contribution in [0.2, 0.25) is 0 Å². The van der Waals surface area contributed by atoms with Crippen LogP contribution >= 0.6 is 0 Å². The first-order chi connectivity index (χ1) is 8.06. The van der Waals surface area contributed by atoms with Crippen LogP contribution in [0.15, 0.2) is 24.3 Å². The summed E-state index contributed by atoms with van der Waals surface area (Å²) in [6, 6.07) is 7.98. The molecule has 0 aromatic heterocycles. The van der Waals surface area contributed by atoms with Crippen molar-refractivity contribution >= 4 is 15.5 Å². The number of rotatable bonds is 2. The number of nitrogen functional groups attached to an aromatic ring is 1. The van der Waals surface area contributed by atoms with Gasteiger partial charge in [0.15, 0.2) is 9.84 Å². The van der Waals surface area contributed by atoms with E-state index < -0.39 is 9.84 Å². The fraction of sp³-hybridized carbons (Fsp3) is 0.500. The summed E-state index contributed by atoms with van der Waals surface area (Å²) < 4.78 is 23.3. The zero-order valence-electron chi connectivity index (χ0n) is 9.54. The van der Waals surface area contributed by atoms with Crippen molar-refractivity contribution in [2.45, 2.75) is 24.3 Å². The van der Waals surface area contributed by atoms with Crippen molar-refractivity contribution < 1.29 is 8.42 Å². The minimum absolute atomic E-state index is 0.141. The van der Waals surface area contributed by atoms with Crippen molar-refractivity contribution in [1.29, 1.82) is 0 Å². The summed E-state index contributed by atoms with van der Waals surface area (Å²) >= 11 is 0. The van der Waals surface area contributed by atoms with Crippen molar-refractivity contribution in [3.8, 4) is 0 Å². The summed E-state index contributed by atoms with van der Waals surface area (Å²) in [5, 5.41) is -0.141. The molecule has 1 aromatic rings. The standard InChI is InChI=1S/C12H16N2O2S/c13-12-4-2-1-3-9(12)6-14-7-11-5-10(14)8-17(11,15)16/h1-4,10-11H,5-8,13H2. The van der Waals surface area contributed by atoms with Crippen molar-refractivity contribution in [3.63, 3.8) is 0 Å². The van der Waals surface area contributed by atoms with Gasteiger partial charge in [-0.15, -0.1) is 0 Å². The Morgan fingerprint density at radius 1 is 1.35 bits per heavy atom. The Morgan fingerprint density at radius 2 is 2.12 bits per heavy atom. The highest BCUT2D eigenvalue weighted by atomic mass is 32.2. The van der Waals surface area contributed by atoms with Gasteiger partial charge in [-0.1, -0.05) is 18.2 Å². The normalized spacial score (nSPS) is 30.8. The molecule has 0 amide bonds. The van der Waals surface area contributed by atoms with E-state index in [2.05, 4.69) is 4.90 Å². The van der Waals surface area contributed by atoms with Crippen LogP contribution in [-0.2, 0) is 16.4 Å². The molecule has 0 aliphatic carbocycles. The van der Waals surface area contributed by atoms with E-state index in [1.165, 1.54) is 0 Å². The van der Waals surface area contributed by atoms with E-state index in [0.717, 1.165) is 24.2 Å². The van der Waals surface area contributed by atoms with E-state index in [1.807, 2.05) is 24.3 Å². The third-order valence-electron chi connectivity index (χ3n) is 3.85. The first kappa shape index (κ1) is 11.0. The van der Waals surface area contributed by atoms with E-state index in [1.54, 1.807) is 0 Å². The molecule has 3 rings (SSSR count). The van der Waals surface area contributed by atoms with Crippen LogP contribution in [0.5, 0.6) is 0 Å². The van der Waals surface area contributed by atoms with E-state index in [9.17, 15) is 8.42 Å². The molecule has 1 aromatic carbocycles. The number of hydrogen-bond donors (Lipinski definition) is 1. The third-order valence-corrected chi connectivity index (χ3v) is 6.06. The Morgan fingerprint density at radius 3 is 2.71 bits per heavy atom. The number of para-hydroxylation sites is 1. The van der Waals surface area contributed by atoms with Crippen LogP contribution in [0.4, 0.5) is 5.69 Å². The molecule has 17 heavy (non-hydrogen) atoms. The minimum Gasteiger partial charge on any atom is -0.398 e. The number of likely N-dealkylation sites (tertiary alicyclic amines) is 1. The minimum atomic E-state index is -2.80. The summed E-state index contributed by atoms with van der Waals surface area (Å²) in [5.74, 6) is 0.324. The van der Waals surface area contributed by atoms with Gasteiger partial charge in [0, 0.05) is 24.8 Å². The SMILES string of the molecule is Nc1ccccc1CN1CC2CC1CS2(=O)=O. The summed E-state index contributed by atoms with van der Waals surface area (Å²) in [6.45, 7) is 1.44. The molecule has 2 heterocycles. The number of benzene rings is 1. The van der Waals surface area contributed by atoms with Gasteiger partial charge in [-0.05, 0) is 18.1 Å². The number of nitrogens with two attached hydrogens (primary N) is 1. The Hall–Kier alpha value is -1.07. The Labute approximate surface area is 101 Å². The topological polar surface area (TPSA) is 63.4 Å². The molecule has 2 saturated heterocycles. The molecule has 2 aliphatic heterocycles. The van der Waals surface area contributed by atoms with Crippen molar-refractivity contribution in [1.82, 2.24) is 4.90 Å². The maximum atomic E-state index is 11.6. The Balaban J connectivity index is 1.76. The largest absolute Gasteiger partial charge is 0.398 e.